The lowest BCUT2D eigenvalue weighted by Gasteiger charge is -2.14. The summed E-state index contributed by atoms with van der Waals surface area (Å²) in [7, 11) is 0. The summed E-state index contributed by atoms with van der Waals surface area (Å²) < 4.78 is 12.0. The van der Waals surface area contributed by atoms with E-state index in [0.29, 0.717) is 6.10 Å². The number of fused-ring (bicyclic) bond motifs is 2. The average molecular weight is 302 g/mol. The highest BCUT2D eigenvalue weighted by Crippen LogP contribution is 2.43. The van der Waals surface area contributed by atoms with Crippen LogP contribution < -0.4 is 0 Å². The molecule has 0 unspecified atom stereocenters. The summed E-state index contributed by atoms with van der Waals surface area (Å²) in [6.45, 7) is 9.81. The van der Waals surface area contributed by atoms with Gasteiger partial charge < -0.3 is 9.47 Å². The van der Waals surface area contributed by atoms with Crippen molar-refractivity contribution in [2.24, 2.45) is 0 Å². The molecule has 3 rings (SSSR count). The molecule has 1 aliphatic carbocycles. The molecule has 3 aliphatic rings. The average Bonchev–Trinajstić information content (AvgIpc) is 2.98. The Hall–Kier alpha value is -0.860. The van der Waals surface area contributed by atoms with E-state index in [1.807, 2.05) is 0 Å². The maximum absolute atomic E-state index is 5.99. The first-order chi connectivity index (χ1) is 10.5. The fourth-order valence-corrected chi connectivity index (χ4v) is 3.77. The standard InChI is InChI=1S/C20H30O2/c1-14-6-5-11-20(4)19(22-20)10-8-15(2)12-18-17(9-7-14)16(3)13-21-18/h6,12,18-19H,5,7-11,13H2,1-4H3/b14-6-,15-12-/t18-,19-,20-/m0/s1. The van der Waals surface area contributed by atoms with Gasteiger partial charge in [0.05, 0.1) is 24.4 Å². The van der Waals surface area contributed by atoms with E-state index in [-0.39, 0.29) is 11.7 Å². The summed E-state index contributed by atoms with van der Waals surface area (Å²) >= 11 is 0. The van der Waals surface area contributed by atoms with Gasteiger partial charge in [0.15, 0.2) is 0 Å². The molecule has 0 aromatic heterocycles. The fraction of sp³-hybridized carbons (Fsp3) is 0.700. The van der Waals surface area contributed by atoms with Crippen molar-refractivity contribution in [3.63, 3.8) is 0 Å². The molecular weight excluding hydrogens is 272 g/mol. The van der Waals surface area contributed by atoms with Gasteiger partial charge >= 0.3 is 0 Å². The zero-order chi connectivity index (χ0) is 15.7. The molecule has 2 heteroatoms. The van der Waals surface area contributed by atoms with Gasteiger partial charge in [0.25, 0.3) is 0 Å². The fourth-order valence-electron chi connectivity index (χ4n) is 3.77. The summed E-state index contributed by atoms with van der Waals surface area (Å²) in [6, 6.07) is 0. The molecule has 0 bridgehead atoms. The van der Waals surface area contributed by atoms with Crippen LogP contribution in [-0.4, -0.2) is 24.4 Å². The van der Waals surface area contributed by atoms with Crippen molar-refractivity contribution in [3.05, 3.63) is 34.4 Å². The van der Waals surface area contributed by atoms with E-state index in [9.17, 15) is 0 Å². The molecule has 2 aliphatic heterocycles. The smallest absolute Gasteiger partial charge is 0.0977 e. The van der Waals surface area contributed by atoms with Crippen LogP contribution in [0.2, 0.25) is 0 Å². The van der Waals surface area contributed by atoms with Gasteiger partial charge in [-0.05, 0) is 77.4 Å². The minimum atomic E-state index is 0.132. The molecule has 0 aromatic rings. The van der Waals surface area contributed by atoms with Gasteiger partial charge in [-0.3, -0.25) is 0 Å². The predicted octanol–water partition coefficient (Wildman–Crippen LogP) is 5.11. The molecule has 2 nitrogen and oxygen atoms in total. The summed E-state index contributed by atoms with van der Waals surface area (Å²) in [6.07, 6.45) is 12.3. The number of hydrogen-bond donors (Lipinski definition) is 0. The number of hydrogen-bond acceptors (Lipinski definition) is 2. The van der Waals surface area contributed by atoms with Gasteiger partial charge in [-0.15, -0.1) is 0 Å². The van der Waals surface area contributed by atoms with E-state index in [1.165, 1.54) is 22.3 Å². The monoisotopic (exact) mass is 302 g/mol. The van der Waals surface area contributed by atoms with Crippen LogP contribution in [0.15, 0.2) is 34.4 Å². The Balaban J connectivity index is 1.76. The van der Waals surface area contributed by atoms with Crippen LogP contribution in [0, 0.1) is 0 Å². The molecule has 2 heterocycles. The van der Waals surface area contributed by atoms with Crippen molar-refractivity contribution >= 4 is 0 Å². The van der Waals surface area contributed by atoms with Crippen molar-refractivity contribution in [2.45, 2.75) is 84.0 Å². The van der Waals surface area contributed by atoms with Crippen molar-refractivity contribution in [2.75, 3.05) is 6.61 Å². The van der Waals surface area contributed by atoms with E-state index < -0.39 is 0 Å². The van der Waals surface area contributed by atoms with E-state index in [2.05, 4.69) is 39.8 Å². The van der Waals surface area contributed by atoms with Gasteiger partial charge in [-0.1, -0.05) is 23.3 Å². The Morgan fingerprint density at radius 3 is 2.73 bits per heavy atom. The van der Waals surface area contributed by atoms with Crippen LogP contribution in [0.25, 0.3) is 0 Å². The Morgan fingerprint density at radius 2 is 1.91 bits per heavy atom. The first-order valence-electron chi connectivity index (χ1n) is 8.79. The highest BCUT2D eigenvalue weighted by atomic mass is 16.6. The lowest BCUT2D eigenvalue weighted by atomic mass is 9.93. The first kappa shape index (κ1) is 16.0. The Kier molecular flexibility index (Phi) is 4.61. The Morgan fingerprint density at radius 1 is 1.09 bits per heavy atom. The molecular formula is C20H30O2. The van der Waals surface area contributed by atoms with Gasteiger partial charge in [0.2, 0.25) is 0 Å². The maximum atomic E-state index is 5.99. The second kappa shape index (κ2) is 6.33. The first-order valence-corrected chi connectivity index (χ1v) is 8.79. The molecule has 1 saturated heterocycles. The number of epoxide rings is 1. The van der Waals surface area contributed by atoms with Crippen LogP contribution in [0.3, 0.4) is 0 Å². The molecule has 22 heavy (non-hydrogen) atoms. The second-order valence-electron chi connectivity index (χ2n) is 7.60. The quantitative estimate of drug-likeness (QED) is 0.458. The zero-order valence-electron chi connectivity index (χ0n) is 14.6. The van der Waals surface area contributed by atoms with Crippen molar-refractivity contribution in [1.29, 1.82) is 0 Å². The van der Waals surface area contributed by atoms with Crippen LogP contribution in [0.1, 0.15) is 66.2 Å². The number of allylic oxidation sites excluding steroid dienone is 3. The van der Waals surface area contributed by atoms with Crippen LogP contribution in [0.4, 0.5) is 0 Å². The van der Waals surface area contributed by atoms with Crippen molar-refractivity contribution < 1.29 is 9.47 Å². The Labute approximate surface area is 135 Å². The van der Waals surface area contributed by atoms with Crippen LogP contribution in [-0.2, 0) is 9.47 Å². The summed E-state index contributed by atoms with van der Waals surface area (Å²) in [5, 5.41) is 0. The molecule has 122 valence electrons. The molecule has 0 aromatic carbocycles. The molecule has 0 saturated carbocycles. The Bertz CT molecular complexity index is 526. The van der Waals surface area contributed by atoms with E-state index >= 15 is 0 Å². The molecule has 0 amide bonds. The van der Waals surface area contributed by atoms with E-state index in [0.717, 1.165) is 45.1 Å². The molecule has 1 fully saturated rings. The summed E-state index contributed by atoms with van der Waals surface area (Å²) in [5.74, 6) is 0. The minimum absolute atomic E-state index is 0.132. The highest BCUT2D eigenvalue weighted by molar-refractivity contribution is 5.29. The molecule has 0 spiro atoms. The summed E-state index contributed by atoms with van der Waals surface area (Å²) in [4.78, 5) is 0. The largest absolute Gasteiger partial charge is 0.366 e. The number of ether oxygens (including phenoxy) is 2. The predicted molar refractivity (Wildman–Crippen MR) is 90.9 cm³/mol. The maximum Gasteiger partial charge on any atom is 0.0977 e. The third kappa shape index (κ3) is 3.55. The highest BCUT2D eigenvalue weighted by Gasteiger charge is 2.50. The van der Waals surface area contributed by atoms with E-state index in [1.54, 1.807) is 0 Å². The van der Waals surface area contributed by atoms with Crippen molar-refractivity contribution in [3.8, 4) is 0 Å². The third-order valence-electron chi connectivity index (χ3n) is 5.57. The SMILES string of the molecule is CC1=C2CC/C(C)=C\CC[C@]3(C)O[C@H]3CC/C(C)=C\[C@@H]2OC1. The zero-order valence-corrected chi connectivity index (χ0v) is 14.6. The molecule has 3 atom stereocenters. The van der Waals surface area contributed by atoms with Crippen LogP contribution >= 0.6 is 0 Å². The van der Waals surface area contributed by atoms with Gasteiger partial charge in [0.1, 0.15) is 0 Å². The van der Waals surface area contributed by atoms with Gasteiger partial charge in [0, 0.05) is 0 Å². The molecule has 0 radical (unpaired) electrons. The van der Waals surface area contributed by atoms with Gasteiger partial charge in [-0.2, -0.15) is 0 Å². The molecule has 0 N–H and O–H groups in total. The van der Waals surface area contributed by atoms with E-state index in [4.69, 9.17) is 9.47 Å². The number of rotatable bonds is 0. The normalized spacial score (nSPS) is 41.6. The lowest BCUT2D eigenvalue weighted by molar-refractivity contribution is 0.150. The van der Waals surface area contributed by atoms with Crippen LogP contribution in [0.5, 0.6) is 0 Å². The third-order valence-corrected chi connectivity index (χ3v) is 5.57. The lowest BCUT2D eigenvalue weighted by Crippen LogP contribution is -2.11. The van der Waals surface area contributed by atoms with Crippen molar-refractivity contribution in [1.82, 2.24) is 0 Å². The van der Waals surface area contributed by atoms with Gasteiger partial charge in [-0.25, -0.2) is 0 Å². The minimum Gasteiger partial charge on any atom is -0.366 e. The second-order valence-corrected chi connectivity index (χ2v) is 7.60. The topological polar surface area (TPSA) is 21.8 Å². The summed E-state index contributed by atoms with van der Waals surface area (Å²) in [5.41, 5.74) is 6.03.